The maximum Gasteiger partial charge on any atom is 0.127 e. The summed E-state index contributed by atoms with van der Waals surface area (Å²) in [6, 6.07) is 0. The molecule has 0 saturated heterocycles. The molecule has 1 aromatic rings. The van der Waals surface area contributed by atoms with Crippen molar-refractivity contribution < 1.29 is 4.52 Å². The third-order valence-electron chi connectivity index (χ3n) is 3.69. The van der Waals surface area contributed by atoms with Crippen molar-refractivity contribution in [3.8, 4) is 0 Å². The van der Waals surface area contributed by atoms with E-state index >= 15 is 0 Å². The molecule has 0 radical (unpaired) electrons. The minimum atomic E-state index is 0.227. The molecule has 0 bridgehead atoms. The van der Waals surface area contributed by atoms with Gasteiger partial charge in [-0.05, 0) is 36.2 Å². The fourth-order valence-corrected chi connectivity index (χ4v) is 2.81. The van der Waals surface area contributed by atoms with Crippen LogP contribution in [0.4, 0.5) is 0 Å². The van der Waals surface area contributed by atoms with Crippen LogP contribution in [0.1, 0.15) is 58.2 Å². The Morgan fingerprint density at radius 1 is 1.24 bits per heavy atom. The molecule has 0 spiro atoms. The van der Waals surface area contributed by atoms with Crippen molar-refractivity contribution in [2.45, 2.75) is 58.8 Å². The van der Waals surface area contributed by atoms with Crippen LogP contribution >= 0.6 is 11.8 Å². The zero-order valence-electron chi connectivity index (χ0n) is 11.6. The highest BCUT2D eigenvalue weighted by Gasteiger charge is 2.27. The second-order valence-electron chi connectivity index (χ2n) is 4.81. The van der Waals surface area contributed by atoms with Gasteiger partial charge in [0.05, 0.1) is 5.69 Å². The average molecular weight is 255 g/mol. The molecule has 0 fully saturated rings. The van der Waals surface area contributed by atoms with Crippen LogP contribution in [-0.4, -0.2) is 16.7 Å². The van der Waals surface area contributed by atoms with E-state index in [4.69, 9.17) is 4.52 Å². The van der Waals surface area contributed by atoms with Crippen molar-refractivity contribution in [3.05, 3.63) is 17.5 Å². The minimum absolute atomic E-state index is 0.227. The first kappa shape index (κ1) is 14.6. The van der Waals surface area contributed by atoms with Crippen molar-refractivity contribution in [1.82, 2.24) is 5.16 Å². The highest BCUT2D eigenvalue weighted by Crippen LogP contribution is 2.33. The second kappa shape index (κ2) is 7.10. The molecular weight excluding hydrogens is 230 g/mol. The minimum Gasteiger partial charge on any atom is -0.364 e. The number of nitrogens with zero attached hydrogens (tertiary/aromatic N) is 1. The number of hydrogen-bond acceptors (Lipinski definition) is 3. The topological polar surface area (TPSA) is 26.0 Å². The lowest BCUT2D eigenvalue weighted by Gasteiger charge is -2.25. The molecule has 17 heavy (non-hydrogen) atoms. The largest absolute Gasteiger partial charge is 0.364 e. The summed E-state index contributed by atoms with van der Waals surface area (Å²) in [5.74, 6) is 2.39. The highest BCUT2D eigenvalue weighted by molar-refractivity contribution is 7.99. The summed E-state index contributed by atoms with van der Waals surface area (Å²) in [5.41, 5.74) is 2.71. The average Bonchev–Trinajstić information content (AvgIpc) is 2.82. The smallest absolute Gasteiger partial charge is 0.127 e. The lowest BCUT2D eigenvalue weighted by molar-refractivity contribution is 0.403. The molecule has 0 atom stereocenters. The predicted molar refractivity (Wildman–Crippen MR) is 75.8 cm³/mol. The maximum atomic E-state index is 5.19. The van der Waals surface area contributed by atoms with E-state index in [9.17, 15) is 0 Å². The molecule has 1 rings (SSSR count). The van der Waals surface area contributed by atoms with Gasteiger partial charge in [-0.15, -0.1) is 0 Å². The summed E-state index contributed by atoms with van der Waals surface area (Å²) in [6.45, 7) is 9.01. The first-order valence-electron chi connectivity index (χ1n) is 6.69. The molecule has 0 saturated carbocycles. The highest BCUT2D eigenvalue weighted by atomic mass is 32.2. The molecule has 0 aliphatic carbocycles. The van der Waals surface area contributed by atoms with E-state index in [2.05, 4.69) is 32.9 Å². The Kier molecular flexibility index (Phi) is 6.10. The predicted octanol–water partition coefficient (Wildman–Crippen LogP) is 4.44. The van der Waals surface area contributed by atoms with Crippen LogP contribution in [0.15, 0.2) is 10.8 Å². The van der Waals surface area contributed by atoms with Crippen molar-refractivity contribution in [3.63, 3.8) is 0 Å². The third-order valence-corrected chi connectivity index (χ3v) is 4.88. The molecule has 0 unspecified atom stereocenters. The molecule has 0 aliphatic rings. The normalized spacial score (nSPS) is 12.0. The van der Waals surface area contributed by atoms with Gasteiger partial charge in [0.1, 0.15) is 6.26 Å². The second-order valence-corrected chi connectivity index (χ2v) is 6.03. The molecule has 98 valence electrons. The van der Waals surface area contributed by atoms with Crippen molar-refractivity contribution >= 4 is 11.8 Å². The van der Waals surface area contributed by atoms with Crippen LogP contribution in [0.5, 0.6) is 0 Å². The molecular formula is C14H25NOS. The molecule has 1 aromatic heterocycles. The Morgan fingerprint density at radius 3 is 2.53 bits per heavy atom. The van der Waals surface area contributed by atoms with Gasteiger partial charge in [0.2, 0.25) is 0 Å². The van der Waals surface area contributed by atoms with Gasteiger partial charge in [-0.25, -0.2) is 0 Å². The first-order valence-corrected chi connectivity index (χ1v) is 7.84. The zero-order chi connectivity index (χ0) is 12.7. The summed E-state index contributed by atoms with van der Waals surface area (Å²) < 4.78 is 5.19. The van der Waals surface area contributed by atoms with E-state index in [0.717, 1.165) is 25.0 Å². The molecule has 0 N–H and O–H groups in total. The number of thioether (sulfide) groups is 1. The fourth-order valence-electron chi connectivity index (χ4n) is 1.98. The number of rotatable bonds is 8. The molecule has 3 heteroatoms. The fraction of sp³-hybridized carbons (Fsp3) is 0.786. The Balaban J connectivity index is 2.65. The lowest BCUT2D eigenvalue weighted by atomic mass is 9.78. The van der Waals surface area contributed by atoms with Crippen LogP contribution in [0.2, 0.25) is 0 Å². The summed E-state index contributed by atoms with van der Waals surface area (Å²) in [5, 5.41) is 4.19. The first-order chi connectivity index (χ1) is 8.18. The molecule has 1 heterocycles. The maximum absolute atomic E-state index is 5.19. The van der Waals surface area contributed by atoms with Crippen LogP contribution < -0.4 is 0 Å². The van der Waals surface area contributed by atoms with E-state index in [1.165, 1.54) is 23.4 Å². The standard InChI is InChI=1S/C14H25NOS/c1-5-9-17-10-8-13-12(11-16-15-13)14(4,6-2)7-3/h11H,5-10H2,1-4H3. The van der Waals surface area contributed by atoms with E-state index in [-0.39, 0.29) is 5.41 Å². The number of aromatic nitrogens is 1. The summed E-state index contributed by atoms with van der Waals surface area (Å²) in [7, 11) is 0. The Labute approximate surface area is 110 Å². The molecule has 2 nitrogen and oxygen atoms in total. The summed E-state index contributed by atoms with van der Waals surface area (Å²) >= 11 is 2.00. The van der Waals surface area contributed by atoms with Gasteiger partial charge in [-0.1, -0.05) is 32.9 Å². The monoisotopic (exact) mass is 255 g/mol. The summed E-state index contributed by atoms with van der Waals surface area (Å²) in [4.78, 5) is 0. The Hall–Kier alpha value is -0.440. The van der Waals surface area contributed by atoms with Gasteiger partial charge in [-0.2, -0.15) is 11.8 Å². The molecule has 0 aliphatic heterocycles. The zero-order valence-corrected chi connectivity index (χ0v) is 12.4. The van der Waals surface area contributed by atoms with Gasteiger partial charge in [0.15, 0.2) is 0 Å². The lowest BCUT2D eigenvalue weighted by Crippen LogP contribution is -2.20. The summed E-state index contributed by atoms with van der Waals surface area (Å²) in [6.07, 6.45) is 6.41. The third kappa shape index (κ3) is 3.77. The SMILES string of the molecule is CCCSCCc1nocc1C(C)(CC)CC. The Morgan fingerprint density at radius 2 is 1.94 bits per heavy atom. The number of aryl methyl sites for hydroxylation is 1. The van der Waals surface area contributed by atoms with Crippen LogP contribution in [-0.2, 0) is 11.8 Å². The van der Waals surface area contributed by atoms with Gasteiger partial charge in [0, 0.05) is 12.0 Å². The van der Waals surface area contributed by atoms with E-state index in [0.29, 0.717) is 0 Å². The quantitative estimate of drug-likeness (QED) is 0.642. The van der Waals surface area contributed by atoms with Crippen LogP contribution in [0.3, 0.4) is 0 Å². The van der Waals surface area contributed by atoms with E-state index in [1.807, 2.05) is 18.0 Å². The van der Waals surface area contributed by atoms with Gasteiger partial charge in [-0.3, -0.25) is 0 Å². The van der Waals surface area contributed by atoms with Gasteiger partial charge >= 0.3 is 0 Å². The van der Waals surface area contributed by atoms with E-state index in [1.54, 1.807) is 0 Å². The van der Waals surface area contributed by atoms with Gasteiger partial charge in [0.25, 0.3) is 0 Å². The van der Waals surface area contributed by atoms with Crippen molar-refractivity contribution in [1.29, 1.82) is 0 Å². The van der Waals surface area contributed by atoms with Crippen molar-refractivity contribution in [2.75, 3.05) is 11.5 Å². The van der Waals surface area contributed by atoms with Gasteiger partial charge < -0.3 is 4.52 Å². The Bertz CT molecular complexity index is 318. The number of hydrogen-bond donors (Lipinski definition) is 0. The van der Waals surface area contributed by atoms with Crippen LogP contribution in [0, 0.1) is 0 Å². The molecule has 0 amide bonds. The van der Waals surface area contributed by atoms with E-state index < -0.39 is 0 Å². The molecule has 0 aromatic carbocycles. The van der Waals surface area contributed by atoms with Crippen molar-refractivity contribution in [2.24, 2.45) is 0 Å². The van der Waals surface area contributed by atoms with Crippen LogP contribution in [0.25, 0.3) is 0 Å².